The molecule has 1 rings (SSSR count). The Balaban J connectivity index is 2.26. The van der Waals surface area contributed by atoms with Crippen molar-refractivity contribution in [2.75, 3.05) is 6.61 Å². The standard InChI is InChI=1S/C21H34ClNO4S/c1-3-5-6-7-8-9-10-11-12-13-16-27-20-15-14-18(17-23-20)28(25,26)19(4-2)21(22)24/h14-15,17,19H,3-13,16H2,1-2H3. The molecule has 1 atom stereocenters. The molecule has 0 saturated heterocycles. The Bertz CT molecular complexity index is 661. The van der Waals surface area contributed by atoms with Crippen LogP contribution in [0.3, 0.4) is 0 Å². The van der Waals surface area contributed by atoms with E-state index >= 15 is 0 Å². The maximum Gasteiger partial charge on any atom is 0.240 e. The van der Waals surface area contributed by atoms with Crippen LogP contribution in [0.4, 0.5) is 0 Å². The molecule has 1 aromatic rings. The molecule has 0 amide bonds. The lowest BCUT2D eigenvalue weighted by Crippen LogP contribution is -2.26. The quantitative estimate of drug-likeness (QED) is 0.248. The van der Waals surface area contributed by atoms with E-state index in [1.165, 1.54) is 69.7 Å². The van der Waals surface area contributed by atoms with Gasteiger partial charge in [-0.15, -0.1) is 0 Å². The van der Waals surface area contributed by atoms with E-state index in [1.54, 1.807) is 6.92 Å². The molecule has 160 valence electrons. The third-order valence-corrected chi connectivity index (χ3v) is 7.37. The van der Waals surface area contributed by atoms with E-state index in [4.69, 9.17) is 16.3 Å². The summed E-state index contributed by atoms with van der Waals surface area (Å²) in [4.78, 5) is 15.4. The number of aromatic nitrogens is 1. The number of carbonyl (C=O) groups is 1. The van der Waals surface area contributed by atoms with Gasteiger partial charge in [0.2, 0.25) is 11.1 Å². The number of pyridine rings is 1. The maximum absolute atomic E-state index is 12.4. The number of hydrogen-bond acceptors (Lipinski definition) is 5. The van der Waals surface area contributed by atoms with Gasteiger partial charge in [-0.2, -0.15) is 0 Å². The van der Waals surface area contributed by atoms with Crippen LogP contribution in [0.15, 0.2) is 23.2 Å². The van der Waals surface area contributed by atoms with Gasteiger partial charge < -0.3 is 4.74 Å². The van der Waals surface area contributed by atoms with Gasteiger partial charge in [0.05, 0.1) is 11.5 Å². The van der Waals surface area contributed by atoms with Crippen LogP contribution in [-0.2, 0) is 14.6 Å². The molecule has 7 heteroatoms. The van der Waals surface area contributed by atoms with E-state index in [0.717, 1.165) is 12.8 Å². The molecule has 0 fully saturated rings. The fourth-order valence-electron chi connectivity index (χ4n) is 3.05. The van der Waals surface area contributed by atoms with Crippen molar-refractivity contribution in [2.45, 2.75) is 94.6 Å². The zero-order valence-corrected chi connectivity index (χ0v) is 18.7. The predicted octanol–water partition coefficient (Wildman–Crippen LogP) is 5.70. The van der Waals surface area contributed by atoms with Crippen molar-refractivity contribution in [1.82, 2.24) is 4.98 Å². The molecule has 0 aromatic carbocycles. The monoisotopic (exact) mass is 431 g/mol. The van der Waals surface area contributed by atoms with Gasteiger partial charge in [-0.25, -0.2) is 13.4 Å². The molecule has 1 aromatic heterocycles. The van der Waals surface area contributed by atoms with Gasteiger partial charge in [0.1, 0.15) is 5.25 Å². The highest BCUT2D eigenvalue weighted by Crippen LogP contribution is 2.21. The third kappa shape index (κ3) is 8.91. The highest BCUT2D eigenvalue weighted by Gasteiger charge is 2.31. The third-order valence-electron chi connectivity index (χ3n) is 4.78. The predicted molar refractivity (Wildman–Crippen MR) is 114 cm³/mol. The van der Waals surface area contributed by atoms with Crippen molar-refractivity contribution in [3.63, 3.8) is 0 Å². The average molecular weight is 432 g/mol. The van der Waals surface area contributed by atoms with Crippen LogP contribution in [0.5, 0.6) is 5.88 Å². The first kappa shape index (κ1) is 24.9. The summed E-state index contributed by atoms with van der Waals surface area (Å²) in [6.45, 7) is 4.41. The number of ether oxygens (including phenoxy) is 1. The molecule has 0 radical (unpaired) electrons. The van der Waals surface area contributed by atoms with Crippen molar-refractivity contribution < 1.29 is 17.9 Å². The van der Waals surface area contributed by atoms with E-state index < -0.39 is 20.3 Å². The molecule has 1 heterocycles. The SMILES string of the molecule is CCCCCCCCCCCCOc1ccc(S(=O)(=O)C(CC)C(=O)Cl)cn1. The van der Waals surface area contributed by atoms with E-state index in [-0.39, 0.29) is 11.3 Å². The molecular formula is C21H34ClNO4S. The van der Waals surface area contributed by atoms with E-state index in [2.05, 4.69) is 11.9 Å². The fraction of sp³-hybridized carbons (Fsp3) is 0.714. The highest BCUT2D eigenvalue weighted by molar-refractivity contribution is 7.93. The van der Waals surface area contributed by atoms with Crippen LogP contribution in [0.25, 0.3) is 0 Å². The van der Waals surface area contributed by atoms with Crippen LogP contribution in [0, 0.1) is 0 Å². The lowest BCUT2D eigenvalue weighted by atomic mass is 10.1. The number of nitrogens with zero attached hydrogens (tertiary/aromatic N) is 1. The Morgan fingerprint density at radius 3 is 2.04 bits per heavy atom. The van der Waals surface area contributed by atoms with Crippen molar-refractivity contribution in [1.29, 1.82) is 0 Å². The normalized spacial score (nSPS) is 12.7. The minimum absolute atomic E-state index is 0.0142. The van der Waals surface area contributed by atoms with Crippen LogP contribution < -0.4 is 4.74 Å². The molecule has 0 aliphatic heterocycles. The summed E-state index contributed by atoms with van der Waals surface area (Å²) in [5, 5.41) is -2.11. The smallest absolute Gasteiger partial charge is 0.240 e. The number of halogens is 1. The van der Waals surface area contributed by atoms with Crippen LogP contribution >= 0.6 is 11.6 Å². The summed E-state index contributed by atoms with van der Waals surface area (Å²) >= 11 is 5.40. The van der Waals surface area contributed by atoms with E-state index in [9.17, 15) is 13.2 Å². The molecule has 0 aliphatic rings. The number of unbranched alkanes of at least 4 members (excludes halogenated alkanes) is 9. The van der Waals surface area contributed by atoms with Crippen LogP contribution in [-0.4, -0.2) is 30.5 Å². The Morgan fingerprint density at radius 2 is 1.57 bits per heavy atom. The van der Waals surface area contributed by atoms with E-state index in [1.807, 2.05) is 0 Å². The Kier molecular flexibility index (Phi) is 12.4. The minimum atomic E-state index is -3.81. The molecule has 0 saturated carbocycles. The molecular weight excluding hydrogens is 398 g/mol. The largest absolute Gasteiger partial charge is 0.478 e. The second-order valence-corrected chi connectivity index (χ2v) is 9.61. The van der Waals surface area contributed by atoms with Gasteiger partial charge in [-0.05, 0) is 30.5 Å². The van der Waals surface area contributed by atoms with Crippen molar-refractivity contribution in [3.05, 3.63) is 18.3 Å². The van der Waals surface area contributed by atoms with Crippen molar-refractivity contribution >= 4 is 26.7 Å². The first-order valence-corrected chi connectivity index (χ1v) is 12.4. The molecule has 1 unspecified atom stereocenters. The second-order valence-electron chi connectivity index (χ2n) is 7.11. The second kappa shape index (κ2) is 13.9. The van der Waals surface area contributed by atoms with Gasteiger partial charge in [0.15, 0.2) is 9.84 Å². The van der Waals surface area contributed by atoms with Gasteiger partial charge in [-0.1, -0.05) is 71.6 Å². The molecule has 5 nitrogen and oxygen atoms in total. The summed E-state index contributed by atoms with van der Waals surface area (Å²) < 4.78 is 30.4. The summed E-state index contributed by atoms with van der Waals surface area (Å²) in [5.41, 5.74) is 0. The topological polar surface area (TPSA) is 73.3 Å². The fourth-order valence-corrected chi connectivity index (χ4v) is 5.03. The Morgan fingerprint density at radius 1 is 1.00 bits per heavy atom. The summed E-state index contributed by atoms with van der Waals surface area (Å²) in [6, 6.07) is 2.94. The van der Waals surface area contributed by atoms with Crippen LogP contribution in [0.1, 0.15) is 84.5 Å². The molecule has 0 spiro atoms. The molecule has 28 heavy (non-hydrogen) atoms. The summed E-state index contributed by atoms with van der Waals surface area (Å²) in [5.74, 6) is 0.389. The number of rotatable bonds is 16. The zero-order valence-electron chi connectivity index (χ0n) is 17.2. The van der Waals surface area contributed by atoms with E-state index in [0.29, 0.717) is 12.5 Å². The lowest BCUT2D eigenvalue weighted by molar-refractivity contribution is -0.111. The Hall–Kier alpha value is -1.14. The minimum Gasteiger partial charge on any atom is -0.478 e. The Labute approximate surface area is 175 Å². The molecule has 0 bridgehead atoms. The molecule has 0 N–H and O–H groups in total. The number of carbonyl (C=O) groups excluding carboxylic acids is 1. The molecule has 0 aliphatic carbocycles. The first-order valence-electron chi connectivity index (χ1n) is 10.5. The van der Waals surface area contributed by atoms with Crippen molar-refractivity contribution in [3.8, 4) is 5.88 Å². The summed E-state index contributed by atoms with van der Waals surface area (Å²) in [7, 11) is -3.81. The number of sulfone groups is 1. The average Bonchev–Trinajstić information content (AvgIpc) is 2.66. The van der Waals surface area contributed by atoms with Crippen molar-refractivity contribution in [2.24, 2.45) is 0 Å². The van der Waals surface area contributed by atoms with Gasteiger partial charge in [-0.3, -0.25) is 4.79 Å². The lowest BCUT2D eigenvalue weighted by Gasteiger charge is -2.12. The zero-order chi connectivity index (χ0) is 20.8. The maximum atomic E-state index is 12.4. The van der Waals surface area contributed by atoms with Gasteiger partial charge in [0.25, 0.3) is 0 Å². The number of hydrogen-bond donors (Lipinski definition) is 0. The van der Waals surface area contributed by atoms with Gasteiger partial charge in [0, 0.05) is 12.3 Å². The highest BCUT2D eigenvalue weighted by atomic mass is 35.5. The first-order chi connectivity index (χ1) is 13.4. The van der Waals surface area contributed by atoms with Crippen LogP contribution in [0.2, 0.25) is 0 Å². The van der Waals surface area contributed by atoms with Gasteiger partial charge >= 0.3 is 0 Å². The summed E-state index contributed by atoms with van der Waals surface area (Å²) in [6.07, 6.45) is 13.9.